The summed E-state index contributed by atoms with van der Waals surface area (Å²) in [6, 6.07) is 5.02. The predicted molar refractivity (Wildman–Crippen MR) is 117 cm³/mol. The molecule has 2 N–H and O–H groups in total. The predicted octanol–water partition coefficient (Wildman–Crippen LogP) is 3.44. The van der Waals surface area contributed by atoms with E-state index in [1.807, 2.05) is 0 Å². The first kappa shape index (κ1) is 20.9. The fourth-order valence-electron chi connectivity index (χ4n) is 2.95. The SMILES string of the molecule is CCCNc1nc(SCC)nc2c1cnn2CCNC(=O)c1cc(-c2ccco2)on1. The highest BCUT2D eigenvalue weighted by atomic mass is 32.2. The van der Waals surface area contributed by atoms with Crippen molar-refractivity contribution in [2.45, 2.75) is 32.0 Å². The Labute approximate surface area is 182 Å². The van der Waals surface area contributed by atoms with Crippen LogP contribution in [0.2, 0.25) is 0 Å². The Bertz CT molecular complexity index is 1150. The lowest BCUT2D eigenvalue weighted by atomic mass is 10.3. The van der Waals surface area contributed by atoms with E-state index in [4.69, 9.17) is 8.94 Å². The molecule has 11 heteroatoms. The number of rotatable bonds is 10. The second-order valence-corrected chi connectivity index (χ2v) is 7.86. The van der Waals surface area contributed by atoms with E-state index in [1.54, 1.807) is 40.8 Å². The summed E-state index contributed by atoms with van der Waals surface area (Å²) in [5.41, 5.74) is 0.923. The van der Waals surface area contributed by atoms with E-state index < -0.39 is 0 Å². The summed E-state index contributed by atoms with van der Waals surface area (Å²) in [5, 5.41) is 16.0. The Morgan fingerprint density at radius 3 is 2.90 bits per heavy atom. The van der Waals surface area contributed by atoms with Crippen LogP contribution in [0.1, 0.15) is 30.8 Å². The quantitative estimate of drug-likeness (QED) is 0.281. The highest BCUT2D eigenvalue weighted by Gasteiger charge is 2.16. The van der Waals surface area contributed by atoms with Gasteiger partial charge in [0.15, 0.2) is 22.3 Å². The van der Waals surface area contributed by atoms with Crippen molar-refractivity contribution in [3.05, 3.63) is 36.4 Å². The van der Waals surface area contributed by atoms with E-state index in [9.17, 15) is 4.79 Å². The molecule has 0 saturated carbocycles. The Balaban J connectivity index is 1.44. The van der Waals surface area contributed by atoms with Gasteiger partial charge in [-0.25, -0.2) is 14.6 Å². The normalized spacial score (nSPS) is 11.2. The molecule has 4 heterocycles. The number of aromatic nitrogens is 5. The Kier molecular flexibility index (Phi) is 6.51. The average molecular weight is 442 g/mol. The molecule has 0 fully saturated rings. The zero-order valence-corrected chi connectivity index (χ0v) is 18.1. The standard InChI is InChI=1S/C20H23N7O3S/c1-3-7-21-17-13-12-23-27(18(13)25-20(24-17)31-4-2)9-8-22-19(28)14-11-16(30-26-14)15-6-5-10-29-15/h5-6,10-12H,3-4,7-9H2,1-2H3,(H,22,28)(H,21,24,25). The molecule has 4 aromatic heterocycles. The molecule has 0 aliphatic carbocycles. The minimum atomic E-state index is -0.333. The van der Waals surface area contributed by atoms with Gasteiger partial charge in [-0.2, -0.15) is 5.10 Å². The third-order valence-electron chi connectivity index (χ3n) is 4.41. The number of furan rings is 1. The van der Waals surface area contributed by atoms with E-state index in [-0.39, 0.29) is 11.6 Å². The zero-order chi connectivity index (χ0) is 21.6. The number of carbonyl (C=O) groups excluding carboxylic acids is 1. The maximum Gasteiger partial charge on any atom is 0.273 e. The highest BCUT2D eigenvalue weighted by Crippen LogP contribution is 2.24. The third-order valence-corrected chi connectivity index (χ3v) is 5.14. The van der Waals surface area contributed by atoms with Crippen LogP contribution >= 0.6 is 11.8 Å². The zero-order valence-electron chi connectivity index (χ0n) is 17.3. The topological polar surface area (TPSA) is 124 Å². The summed E-state index contributed by atoms with van der Waals surface area (Å²) in [6.07, 6.45) is 4.28. The number of anilines is 1. The van der Waals surface area contributed by atoms with Crippen molar-refractivity contribution >= 4 is 34.5 Å². The van der Waals surface area contributed by atoms with Gasteiger partial charge in [0, 0.05) is 19.2 Å². The first-order valence-corrected chi connectivity index (χ1v) is 11.1. The summed E-state index contributed by atoms with van der Waals surface area (Å²) < 4.78 is 12.2. The summed E-state index contributed by atoms with van der Waals surface area (Å²) in [7, 11) is 0. The molecule has 0 unspecified atom stereocenters. The molecule has 0 aliphatic rings. The second kappa shape index (κ2) is 9.65. The van der Waals surface area contributed by atoms with Crippen molar-refractivity contribution in [1.82, 2.24) is 30.2 Å². The lowest BCUT2D eigenvalue weighted by Crippen LogP contribution is -2.27. The Hall–Kier alpha value is -3.34. The van der Waals surface area contributed by atoms with E-state index in [0.717, 1.165) is 35.6 Å². The Morgan fingerprint density at radius 1 is 1.23 bits per heavy atom. The first-order valence-electron chi connectivity index (χ1n) is 10.1. The Morgan fingerprint density at radius 2 is 2.13 bits per heavy atom. The molecule has 0 atom stereocenters. The number of thioether (sulfide) groups is 1. The van der Waals surface area contributed by atoms with Crippen molar-refractivity contribution in [1.29, 1.82) is 0 Å². The molecule has 0 aliphatic heterocycles. The van der Waals surface area contributed by atoms with Crippen LogP contribution in [0.15, 0.2) is 44.8 Å². The monoisotopic (exact) mass is 441 g/mol. The van der Waals surface area contributed by atoms with Gasteiger partial charge in [-0.1, -0.05) is 30.8 Å². The molecule has 0 spiro atoms. The highest BCUT2D eigenvalue weighted by molar-refractivity contribution is 7.99. The second-order valence-electron chi connectivity index (χ2n) is 6.63. The molecule has 4 rings (SSSR count). The van der Waals surface area contributed by atoms with Crippen molar-refractivity contribution < 1.29 is 13.7 Å². The van der Waals surface area contributed by atoms with Gasteiger partial charge in [0.2, 0.25) is 5.76 Å². The van der Waals surface area contributed by atoms with Gasteiger partial charge in [-0.15, -0.1) is 0 Å². The molecule has 1 amide bonds. The van der Waals surface area contributed by atoms with Crippen molar-refractivity contribution in [2.24, 2.45) is 0 Å². The number of carbonyl (C=O) groups is 1. The van der Waals surface area contributed by atoms with Crippen LogP contribution in [0, 0.1) is 0 Å². The van der Waals surface area contributed by atoms with E-state index in [1.165, 1.54) is 6.26 Å². The molecule has 31 heavy (non-hydrogen) atoms. The van der Waals surface area contributed by atoms with Gasteiger partial charge >= 0.3 is 0 Å². The molecular weight excluding hydrogens is 418 g/mol. The van der Waals surface area contributed by atoms with E-state index in [2.05, 4.69) is 44.7 Å². The molecule has 0 radical (unpaired) electrons. The van der Waals surface area contributed by atoms with Gasteiger partial charge in [-0.3, -0.25) is 4.79 Å². The summed E-state index contributed by atoms with van der Waals surface area (Å²) in [4.78, 5) is 21.6. The fraction of sp³-hybridized carbons (Fsp3) is 0.350. The van der Waals surface area contributed by atoms with Gasteiger partial charge in [0.1, 0.15) is 5.82 Å². The molecular formula is C20H23N7O3S. The van der Waals surface area contributed by atoms with Crippen LogP contribution in [-0.2, 0) is 6.54 Å². The van der Waals surface area contributed by atoms with Gasteiger partial charge in [-0.05, 0) is 24.3 Å². The lowest BCUT2D eigenvalue weighted by Gasteiger charge is -2.09. The summed E-state index contributed by atoms with van der Waals surface area (Å²) in [6.45, 7) is 5.80. The number of hydrogen-bond donors (Lipinski definition) is 2. The van der Waals surface area contributed by atoms with E-state index in [0.29, 0.717) is 29.8 Å². The van der Waals surface area contributed by atoms with Gasteiger partial charge < -0.3 is 19.6 Å². The third kappa shape index (κ3) is 4.71. The lowest BCUT2D eigenvalue weighted by molar-refractivity contribution is 0.0943. The van der Waals surface area contributed by atoms with Crippen LogP contribution in [-0.4, -0.2) is 49.7 Å². The first-order chi connectivity index (χ1) is 15.2. The minimum absolute atomic E-state index is 0.187. The maximum atomic E-state index is 12.4. The minimum Gasteiger partial charge on any atom is -0.461 e. The van der Waals surface area contributed by atoms with E-state index >= 15 is 0 Å². The van der Waals surface area contributed by atoms with Crippen LogP contribution in [0.5, 0.6) is 0 Å². The average Bonchev–Trinajstić information content (AvgIpc) is 3.52. The van der Waals surface area contributed by atoms with Crippen LogP contribution in [0.25, 0.3) is 22.6 Å². The van der Waals surface area contributed by atoms with Gasteiger partial charge in [0.25, 0.3) is 5.91 Å². The van der Waals surface area contributed by atoms with Crippen molar-refractivity contribution in [3.63, 3.8) is 0 Å². The number of fused-ring (bicyclic) bond motifs is 1. The van der Waals surface area contributed by atoms with Gasteiger partial charge in [0.05, 0.1) is 24.4 Å². The number of amides is 1. The number of hydrogen-bond acceptors (Lipinski definition) is 9. The van der Waals surface area contributed by atoms with Crippen LogP contribution < -0.4 is 10.6 Å². The molecule has 0 bridgehead atoms. The largest absolute Gasteiger partial charge is 0.461 e. The smallest absolute Gasteiger partial charge is 0.273 e. The summed E-state index contributed by atoms with van der Waals surface area (Å²) in [5.74, 6) is 2.24. The summed E-state index contributed by atoms with van der Waals surface area (Å²) >= 11 is 1.58. The molecule has 10 nitrogen and oxygen atoms in total. The van der Waals surface area contributed by atoms with Crippen LogP contribution in [0.4, 0.5) is 5.82 Å². The van der Waals surface area contributed by atoms with Crippen molar-refractivity contribution in [2.75, 3.05) is 24.2 Å². The van der Waals surface area contributed by atoms with Crippen LogP contribution in [0.3, 0.4) is 0 Å². The maximum absolute atomic E-state index is 12.4. The number of nitrogens with zero attached hydrogens (tertiary/aromatic N) is 5. The molecule has 162 valence electrons. The molecule has 4 aromatic rings. The molecule has 0 saturated heterocycles. The van der Waals surface area contributed by atoms with Crippen molar-refractivity contribution in [3.8, 4) is 11.5 Å². The molecule has 0 aromatic carbocycles. The number of nitrogens with one attached hydrogen (secondary N) is 2. The fourth-order valence-corrected chi connectivity index (χ4v) is 3.52.